The average molecular weight is 438 g/mol. The highest BCUT2D eigenvalue weighted by molar-refractivity contribution is 6.05. The van der Waals surface area contributed by atoms with E-state index in [1.165, 1.54) is 0 Å². The van der Waals surface area contributed by atoms with Crippen LogP contribution in [-0.2, 0) is 0 Å². The Balaban J connectivity index is 1.58. The van der Waals surface area contributed by atoms with Crippen LogP contribution < -0.4 is 10.1 Å². The van der Waals surface area contributed by atoms with Crippen molar-refractivity contribution >= 4 is 17.3 Å². The van der Waals surface area contributed by atoms with Crippen LogP contribution in [0.25, 0.3) is 22.4 Å². The van der Waals surface area contributed by atoms with Gasteiger partial charge in [0.1, 0.15) is 11.4 Å². The van der Waals surface area contributed by atoms with Gasteiger partial charge in [-0.05, 0) is 66.9 Å². The van der Waals surface area contributed by atoms with Crippen molar-refractivity contribution in [2.75, 3.05) is 12.4 Å². The molecule has 2 aromatic rings. The van der Waals surface area contributed by atoms with Gasteiger partial charge in [0.25, 0.3) is 0 Å². The Hall–Kier alpha value is -3.99. The Morgan fingerprint density at radius 3 is 2.33 bits per heavy atom. The molecule has 0 amide bonds. The Morgan fingerprint density at radius 2 is 1.67 bits per heavy atom. The van der Waals surface area contributed by atoms with Crippen LogP contribution in [0, 0.1) is 0 Å². The predicted molar refractivity (Wildman–Crippen MR) is 133 cm³/mol. The molecule has 0 spiro atoms. The first kappa shape index (κ1) is 22.2. The molecule has 33 heavy (non-hydrogen) atoms. The summed E-state index contributed by atoms with van der Waals surface area (Å²) in [7, 11) is 1.66. The van der Waals surface area contributed by atoms with Crippen LogP contribution in [0.3, 0.4) is 0 Å². The minimum Gasteiger partial charge on any atom is -0.497 e. The monoisotopic (exact) mass is 437 g/mol. The van der Waals surface area contributed by atoms with E-state index in [1.807, 2.05) is 66.9 Å². The van der Waals surface area contributed by atoms with Gasteiger partial charge in [0.05, 0.1) is 7.11 Å². The zero-order valence-electron chi connectivity index (χ0n) is 19.1. The third-order valence-corrected chi connectivity index (χ3v) is 5.72. The summed E-state index contributed by atoms with van der Waals surface area (Å²) in [5.74, 6) is 1.51. The first-order chi connectivity index (χ1) is 16.1. The van der Waals surface area contributed by atoms with Gasteiger partial charge in [0.2, 0.25) is 0 Å². The van der Waals surface area contributed by atoms with Crippen LogP contribution in [0.4, 0.5) is 11.5 Å². The molecule has 2 heterocycles. The molecule has 5 nitrogen and oxygen atoms in total. The van der Waals surface area contributed by atoms with Crippen LogP contribution in [0.15, 0.2) is 84.7 Å². The Morgan fingerprint density at radius 1 is 0.939 bits per heavy atom. The molecule has 5 heteroatoms. The van der Waals surface area contributed by atoms with Crippen molar-refractivity contribution in [2.45, 2.75) is 26.7 Å². The van der Waals surface area contributed by atoms with E-state index in [0.717, 1.165) is 52.2 Å². The van der Waals surface area contributed by atoms with Crippen molar-refractivity contribution < 1.29 is 9.53 Å². The number of carbonyl (C=O) groups is 1. The number of hydrogen-bond donors (Lipinski definition) is 1. The summed E-state index contributed by atoms with van der Waals surface area (Å²) in [6, 6.07) is 19.3. The topological polar surface area (TPSA) is 64.1 Å². The standard InChI is InChI=1S/C28H27N3O2/c1-4-19(5-2)17-26(32)21-8-12-22(13-9-21)31-28-27-24(7-6-16-29-28)25(18-30-27)20-10-14-23(33-3)15-11-20/h6-18H,4-5H2,1-3H3,(H,29,31). The number of fused-ring (bicyclic) bond motifs is 1. The number of rotatable bonds is 8. The molecule has 1 N–H and O–H groups in total. The molecule has 0 saturated heterocycles. The summed E-state index contributed by atoms with van der Waals surface area (Å²) in [5, 5.41) is 3.36. The van der Waals surface area contributed by atoms with E-state index in [-0.39, 0.29) is 5.78 Å². The van der Waals surface area contributed by atoms with Gasteiger partial charge in [-0.25, -0.2) is 4.98 Å². The molecular formula is C28H27N3O2. The number of nitrogens with one attached hydrogen (secondary N) is 1. The normalized spacial score (nSPS) is 10.6. The van der Waals surface area contributed by atoms with E-state index < -0.39 is 0 Å². The van der Waals surface area contributed by atoms with Gasteiger partial charge in [0.15, 0.2) is 11.6 Å². The number of hydrogen-bond acceptors (Lipinski definition) is 5. The van der Waals surface area contributed by atoms with Gasteiger partial charge in [-0.3, -0.25) is 9.78 Å². The summed E-state index contributed by atoms with van der Waals surface area (Å²) >= 11 is 0. The highest BCUT2D eigenvalue weighted by Crippen LogP contribution is 2.37. The lowest BCUT2D eigenvalue weighted by molar-refractivity contribution is 0.104. The van der Waals surface area contributed by atoms with Crippen molar-refractivity contribution in [3.8, 4) is 28.1 Å². The quantitative estimate of drug-likeness (QED) is 0.239. The fraction of sp³-hybridized carbons (Fsp3) is 0.179. The lowest BCUT2D eigenvalue weighted by atomic mass is 10.0. The number of benzene rings is 2. The lowest BCUT2D eigenvalue weighted by Crippen LogP contribution is -1.98. The summed E-state index contributed by atoms with van der Waals surface area (Å²) in [4.78, 5) is 21.7. The van der Waals surface area contributed by atoms with E-state index in [1.54, 1.807) is 19.4 Å². The molecule has 0 bridgehead atoms. The second-order valence-corrected chi connectivity index (χ2v) is 7.72. The number of ether oxygens (including phenoxy) is 1. The van der Waals surface area contributed by atoms with Crippen molar-refractivity contribution in [2.24, 2.45) is 0 Å². The predicted octanol–water partition coefficient (Wildman–Crippen LogP) is 6.93. The molecule has 0 radical (unpaired) electrons. The minimum atomic E-state index is 0.0358. The van der Waals surface area contributed by atoms with Gasteiger partial charge in [-0.2, -0.15) is 0 Å². The fourth-order valence-electron chi connectivity index (χ4n) is 3.74. The third-order valence-electron chi connectivity index (χ3n) is 5.72. The highest BCUT2D eigenvalue weighted by atomic mass is 16.5. The van der Waals surface area contributed by atoms with Crippen LogP contribution >= 0.6 is 0 Å². The van der Waals surface area contributed by atoms with E-state index >= 15 is 0 Å². The highest BCUT2D eigenvalue weighted by Gasteiger charge is 2.17. The SMILES string of the molecule is CCC(=CC(=O)c1ccc(Nc2ncccc3c(-c4ccc(OC)cc4)cnc2-3)cc1)CC. The average Bonchev–Trinajstić information content (AvgIpc) is 3.18. The van der Waals surface area contributed by atoms with Gasteiger partial charge >= 0.3 is 0 Å². The first-order valence-electron chi connectivity index (χ1n) is 11.1. The van der Waals surface area contributed by atoms with Gasteiger partial charge in [-0.1, -0.05) is 37.6 Å². The van der Waals surface area contributed by atoms with Gasteiger partial charge < -0.3 is 10.1 Å². The maximum absolute atomic E-state index is 12.5. The van der Waals surface area contributed by atoms with E-state index in [2.05, 4.69) is 29.1 Å². The maximum atomic E-state index is 12.5. The third kappa shape index (κ3) is 4.93. The number of ketones is 1. The van der Waals surface area contributed by atoms with Crippen molar-refractivity contribution in [3.63, 3.8) is 0 Å². The molecular weight excluding hydrogens is 410 g/mol. The summed E-state index contributed by atoms with van der Waals surface area (Å²) in [5.41, 5.74) is 6.54. The molecule has 0 fully saturated rings. The molecule has 4 rings (SSSR count). The number of nitrogens with zero attached hydrogens (tertiary/aromatic N) is 2. The molecule has 2 aliphatic rings. The fourth-order valence-corrected chi connectivity index (χ4v) is 3.74. The Kier molecular flexibility index (Phi) is 6.79. The van der Waals surface area contributed by atoms with Crippen molar-refractivity contribution in [3.05, 3.63) is 90.3 Å². The smallest absolute Gasteiger partial charge is 0.185 e. The van der Waals surface area contributed by atoms with Gasteiger partial charge in [-0.15, -0.1) is 0 Å². The largest absolute Gasteiger partial charge is 0.497 e. The molecule has 0 saturated carbocycles. The molecule has 2 aromatic carbocycles. The zero-order chi connectivity index (χ0) is 23.2. The molecule has 166 valence electrons. The number of allylic oxidation sites excluding steroid dienone is 2. The molecule has 0 unspecified atom stereocenters. The van der Waals surface area contributed by atoms with Crippen LogP contribution in [0.5, 0.6) is 5.75 Å². The molecule has 0 aromatic heterocycles. The van der Waals surface area contributed by atoms with Crippen molar-refractivity contribution in [1.29, 1.82) is 0 Å². The Labute approximate surface area is 194 Å². The maximum Gasteiger partial charge on any atom is 0.185 e. The van der Waals surface area contributed by atoms with E-state index in [0.29, 0.717) is 11.4 Å². The Bertz CT molecular complexity index is 1240. The molecule has 0 atom stereocenters. The summed E-state index contributed by atoms with van der Waals surface area (Å²) < 4.78 is 5.27. The first-order valence-corrected chi connectivity index (χ1v) is 11.1. The zero-order valence-corrected chi connectivity index (χ0v) is 19.1. The molecule has 2 aliphatic heterocycles. The van der Waals surface area contributed by atoms with Crippen LogP contribution in [-0.4, -0.2) is 22.9 Å². The number of anilines is 2. The van der Waals surface area contributed by atoms with Crippen molar-refractivity contribution in [1.82, 2.24) is 9.97 Å². The van der Waals surface area contributed by atoms with E-state index in [4.69, 9.17) is 4.74 Å². The number of carbonyl (C=O) groups excluding carboxylic acids is 1. The summed E-state index contributed by atoms with van der Waals surface area (Å²) in [6.07, 6.45) is 7.15. The molecule has 0 aliphatic carbocycles. The second-order valence-electron chi connectivity index (χ2n) is 7.72. The van der Waals surface area contributed by atoms with Gasteiger partial charge in [0, 0.05) is 34.8 Å². The van der Waals surface area contributed by atoms with E-state index in [9.17, 15) is 4.79 Å². The van der Waals surface area contributed by atoms with Crippen LogP contribution in [0.2, 0.25) is 0 Å². The number of methoxy groups -OCH3 is 1. The minimum absolute atomic E-state index is 0.0358. The number of aromatic nitrogens is 2. The second kappa shape index (κ2) is 10.1. The van der Waals surface area contributed by atoms with Crippen LogP contribution in [0.1, 0.15) is 37.0 Å². The lowest BCUT2D eigenvalue weighted by Gasteiger charge is -2.08. The summed E-state index contributed by atoms with van der Waals surface area (Å²) in [6.45, 7) is 4.14.